The van der Waals surface area contributed by atoms with E-state index in [0.717, 1.165) is 0 Å². The SMILES string of the molecule is CC(C)NC(=O)CNc1ncc(N)s1. The Balaban J connectivity index is 2.30. The first-order chi connectivity index (χ1) is 6.58. The predicted molar refractivity (Wildman–Crippen MR) is 58.3 cm³/mol. The van der Waals surface area contributed by atoms with Gasteiger partial charge in [-0.15, -0.1) is 0 Å². The topological polar surface area (TPSA) is 80.0 Å². The Morgan fingerprint density at radius 3 is 2.93 bits per heavy atom. The largest absolute Gasteiger partial charge is 0.389 e. The number of aromatic nitrogens is 1. The number of nitrogen functional groups attached to an aromatic ring is 1. The number of anilines is 2. The molecule has 0 saturated heterocycles. The van der Waals surface area contributed by atoms with Crippen molar-refractivity contribution in [2.75, 3.05) is 17.6 Å². The van der Waals surface area contributed by atoms with Gasteiger partial charge in [0.2, 0.25) is 5.91 Å². The molecule has 4 N–H and O–H groups in total. The van der Waals surface area contributed by atoms with Crippen LogP contribution in [-0.4, -0.2) is 23.5 Å². The number of carbonyl (C=O) groups excluding carboxylic acids is 1. The number of hydrogen-bond acceptors (Lipinski definition) is 5. The summed E-state index contributed by atoms with van der Waals surface area (Å²) in [6.45, 7) is 4.06. The average Bonchev–Trinajstić information content (AvgIpc) is 2.47. The van der Waals surface area contributed by atoms with Crippen molar-refractivity contribution in [3.63, 3.8) is 0 Å². The molecule has 1 heterocycles. The Morgan fingerprint density at radius 1 is 1.71 bits per heavy atom. The molecular weight excluding hydrogens is 200 g/mol. The van der Waals surface area contributed by atoms with Crippen molar-refractivity contribution in [2.24, 2.45) is 0 Å². The van der Waals surface area contributed by atoms with E-state index in [1.165, 1.54) is 11.3 Å². The van der Waals surface area contributed by atoms with Crippen molar-refractivity contribution >= 4 is 27.4 Å². The fourth-order valence-electron chi connectivity index (χ4n) is 0.897. The fourth-order valence-corrected chi connectivity index (χ4v) is 1.48. The highest BCUT2D eigenvalue weighted by Gasteiger charge is 2.04. The first-order valence-corrected chi connectivity index (χ1v) is 5.14. The zero-order valence-electron chi connectivity index (χ0n) is 8.20. The van der Waals surface area contributed by atoms with E-state index in [1.807, 2.05) is 13.8 Å². The van der Waals surface area contributed by atoms with Crippen LogP contribution in [0.5, 0.6) is 0 Å². The molecule has 14 heavy (non-hydrogen) atoms. The summed E-state index contributed by atoms with van der Waals surface area (Å²) in [7, 11) is 0. The lowest BCUT2D eigenvalue weighted by molar-refractivity contribution is -0.119. The van der Waals surface area contributed by atoms with Crippen LogP contribution in [0.1, 0.15) is 13.8 Å². The van der Waals surface area contributed by atoms with Crippen LogP contribution in [0.4, 0.5) is 10.1 Å². The van der Waals surface area contributed by atoms with Gasteiger partial charge < -0.3 is 16.4 Å². The smallest absolute Gasteiger partial charge is 0.239 e. The minimum absolute atomic E-state index is 0.0474. The van der Waals surface area contributed by atoms with E-state index in [9.17, 15) is 4.79 Å². The first-order valence-electron chi connectivity index (χ1n) is 4.32. The van der Waals surface area contributed by atoms with Gasteiger partial charge in [0.05, 0.1) is 12.7 Å². The highest BCUT2D eigenvalue weighted by atomic mass is 32.1. The van der Waals surface area contributed by atoms with E-state index in [4.69, 9.17) is 5.73 Å². The van der Waals surface area contributed by atoms with Gasteiger partial charge in [0.25, 0.3) is 0 Å². The second kappa shape index (κ2) is 4.80. The highest BCUT2D eigenvalue weighted by molar-refractivity contribution is 7.19. The standard InChI is InChI=1S/C8H14N4OS/c1-5(2)12-7(13)4-11-8-10-3-6(9)14-8/h3,5H,4,9H2,1-2H3,(H,10,11)(H,12,13). The van der Waals surface area contributed by atoms with Gasteiger partial charge in [-0.3, -0.25) is 4.79 Å². The molecule has 0 atom stereocenters. The van der Waals surface area contributed by atoms with Gasteiger partial charge >= 0.3 is 0 Å². The average molecular weight is 214 g/mol. The molecule has 6 heteroatoms. The van der Waals surface area contributed by atoms with E-state index < -0.39 is 0 Å². The van der Waals surface area contributed by atoms with Crippen LogP contribution >= 0.6 is 11.3 Å². The molecular formula is C8H14N4OS. The molecule has 78 valence electrons. The quantitative estimate of drug-likeness (QED) is 0.688. The molecule has 0 aromatic carbocycles. The maximum Gasteiger partial charge on any atom is 0.239 e. The maximum absolute atomic E-state index is 11.2. The zero-order chi connectivity index (χ0) is 10.6. The Morgan fingerprint density at radius 2 is 2.43 bits per heavy atom. The molecule has 0 aliphatic carbocycles. The van der Waals surface area contributed by atoms with Crippen molar-refractivity contribution in [3.8, 4) is 0 Å². The summed E-state index contributed by atoms with van der Waals surface area (Å²) in [5.74, 6) is -0.0474. The maximum atomic E-state index is 11.2. The number of rotatable bonds is 4. The fraction of sp³-hybridized carbons (Fsp3) is 0.500. The molecule has 5 nitrogen and oxygen atoms in total. The third-order valence-electron chi connectivity index (χ3n) is 1.37. The van der Waals surface area contributed by atoms with Gasteiger partial charge in [0.1, 0.15) is 5.00 Å². The molecule has 0 spiro atoms. The number of hydrogen-bond donors (Lipinski definition) is 3. The Hall–Kier alpha value is -1.30. The highest BCUT2D eigenvalue weighted by Crippen LogP contribution is 2.18. The first kappa shape index (κ1) is 10.8. The van der Waals surface area contributed by atoms with Gasteiger partial charge in [-0.05, 0) is 13.8 Å². The van der Waals surface area contributed by atoms with Gasteiger partial charge in [-0.2, -0.15) is 0 Å². The molecule has 1 aromatic rings. The summed E-state index contributed by atoms with van der Waals surface area (Å²) in [6, 6.07) is 0.158. The molecule has 0 bridgehead atoms. The van der Waals surface area contributed by atoms with Crippen LogP contribution in [0.25, 0.3) is 0 Å². The Labute approximate surface area is 86.7 Å². The van der Waals surface area contributed by atoms with Crippen molar-refractivity contribution in [3.05, 3.63) is 6.20 Å². The van der Waals surface area contributed by atoms with E-state index in [2.05, 4.69) is 15.6 Å². The second-order valence-electron chi connectivity index (χ2n) is 3.14. The molecule has 0 unspecified atom stereocenters. The van der Waals surface area contributed by atoms with Crippen molar-refractivity contribution in [2.45, 2.75) is 19.9 Å². The lowest BCUT2D eigenvalue weighted by atomic mass is 10.4. The monoisotopic (exact) mass is 214 g/mol. The van der Waals surface area contributed by atoms with E-state index >= 15 is 0 Å². The van der Waals surface area contributed by atoms with Crippen molar-refractivity contribution in [1.29, 1.82) is 0 Å². The normalized spacial score (nSPS) is 10.2. The van der Waals surface area contributed by atoms with Crippen LogP contribution in [0.15, 0.2) is 6.20 Å². The van der Waals surface area contributed by atoms with Gasteiger partial charge in [-0.25, -0.2) is 4.98 Å². The lowest BCUT2D eigenvalue weighted by Gasteiger charge is -2.07. The third kappa shape index (κ3) is 3.61. The van der Waals surface area contributed by atoms with Crippen molar-refractivity contribution < 1.29 is 4.79 Å². The molecule has 0 aliphatic heterocycles. The minimum atomic E-state index is -0.0474. The van der Waals surface area contributed by atoms with Crippen molar-refractivity contribution in [1.82, 2.24) is 10.3 Å². The number of nitrogens with one attached hydrogen (secondary N) is 2. The van der Waals surface area contributed by atoms with Crippen LogP contribution in [0.3, 0.4) is 0 Å². The summed E-state index contributed by atoms with van der Waals surface area (Å²) in [4.78, 5) is 15.2. The van der Waals surface area contributed by atoms with Crippen LogP contribution in [-0.2, 0) is 4.79 Å². The van der Waals surface area contributed by atoms with E-state index in [1.54, 1.807) is 6.20 Å². The summed E-state index contributed by atoms with van der Waals surface area (Å²) < 4.78 is 0. The van der Waals surface area contributed by atoms with Gasteiger partial charge in [0.15, 0.2) is 5.13 Å². The minimum Gasteiger partial charge on any atom is -0.389 e. The number of thiazole rings is 1. The molecule has 0 fully saturated rings. The molecule has 1 amide bonds. The molecule has 0 aliphatic rings. The Bertz CT molecular complexity index is 310. The zero-order valence-corrected chi connectivity index (χ0v) is 9.02. The number of amides is 1. The summed E-state index contributed by atoms with van der Waals surface area (Å²) in [6.07, 6.45) is 1.56. The lowest BCUT2D eigenvalue weighted by Crippen LogP contribution is -2.34. The summed E-state index contributed by atoms with van der Waals surface area (Å²) in [5, 5.41) is 6.95. The number of nitrogens with zero attached hydrogens (tertiary/aromatic N) is 1. The third-order valence-corrected chi connectivity index (χ3v) is 2.16. The van der Waals surface area contributed by atoms with Crippen LogP contribution in [0, 0.1) is 0 Å². The predicted octanol–water partition coefficient (Wildman–Crippen LogP) is 0.662. The molecule has 1 rings (SSSR count). The van der Waals surface area contributed by atoms with E-state index in [0.29, 0.717) is 10.1 Å². The van der Waals surface area contributed by atoms with Gasteiger partial charge in [0, 0.05) is 6.04 Å². The number of nitrogens with two attached hydrogens (primary N) is 1. The Kier molecular flexibility index (Phi) is 3.70. The summed E-state index contributed by atoms with van der Waals surface area (Å²) >= 11 is 1.32. The second-order valence-corrected chi connectivity index (χ2v) is 4.21. The van der Waals surface area contributed by atoms with Crippen LogP contribution < -0.4 is 16.4 Å². The summed E-state index contributed by atoms with van der Waals surface area (Å²) in [5.41, 5.74) is 5.48. The van der Waals surface area contributed by atoms with Gasteiger partial charge in [-0.1, -0.05) is 11.3 Å². The molecule has 0 saturated carbocycles. The molecule has 1 aromatic heterocycles. The van der Waals surface area contributed by atoms with Crippen LogP contribution in [0.2, 0.25) is 0 Å². The van der Waals surface area contributed by atoms with E-state index in [-0.39, 0.29) is 18.5 Å². The molecule has 0 radical (unpaired) electrons. The number of carbonyl (C=O) groups is 1.